The Kier molecular flexibility index (Phi) is 17.2. The van der Waals surface area contributed by atoms with Gasteiger partial charge >= 0.3 is 0 Å². The average Bonchev–Trinajstić information content (AvgIpc) is 2.50. The van der Waals surface area contributed by atoms with Crippen LogP contribution in [0, 0.1) is 5.92 Å². The minimum atomic E-state index is 0.839. The zero-order chi connectivity index (χ0) is 16.3. The van der Waals surface area contributed by atoms with Gasteiger partial charge in [-0.1, -0.05) is 88.6 Å². The van der Waals surface area contributed by atoms with E-state index in [1.807, 2.05) is 0 Å². The minimum Gasteiger partial charge on any atom is -0.0882 e. The van der Waals surface area contributed by atoms with Gasteiger partial charge in [0.15, 0.2) is 0 Å². The van der Waals surface area contributed by atoms with E-state index in [4.69, 9.17) is 0 Å². The lowest BCUT2D eigenvalue weighted by Crippen LogP contribution is -1.84. The maximum absolute atomic E-state index is 2.33. The molecule has 0 bridgehead atoms. The maximum atomic E-state index is 2.33. The molecule has 0 radical (unpaired) electrons. The highest BCUT2D eigenvalue weighted by atomic mass is 14.0. The van der Waals surface area contributed by atoms with Crippen molar-refractivity contribution in [3.63, 3.8) is 0 Å². The molecular formula is C22H38. The second-order valence-corrected chi connectivity index (χ2v) is 6.41. The molecule has 0 amide bonds. The predicted octanol–water partition coefficient (Wildman–Crippen LogP) is 7.79. The largest absolute Gasteiger partial charge is 0.0882 e. The summed E-state index contributed by atoms with van der Waals surface area (Å²) in [5.74, 6) is 0.839. The fraction of sp³-hybridized carbons (Fsp3) is 0.636. The van der Waals surface area contributed by atoms with Gasteiger partial charge in [0, 0.05) is 0 Å². The Morgan fingerprint density at radius 2 is 1.05 bits per heavy atom. The highest BCUT2D eigenvalue weighted by molar-refractivity contribution is 4.99. The van der Waals surface area contributed by atoms with Crippen LogP contribution in [0.3, 0.4) is 0 Å². The third kappa shape index (κ3) is 19.0. The van der Waals surface area contributed by atoms with Crippen molar-refractivity contribution in [2.75, 3.05) is 0 Å². The molecule has 0 aliphatic carbocycles. The summed E-state index contributed by atoms with van der Waals surface area (Å²) in [5.41, 5.74) is 0. The molecule has 0 saturated carbocycles. The molecule has 0 aliphatic rings. The summed E-state index contributed by atoms with van der Waals surface area (Å²) in [6.07, 6.45) is 30.7. The molecule has 126 valence electrons. The summed E-state index contributed by atoms with van der Waals surface area (Å²) in [6, 6.07) is 0. The second-order valence-electron chi connectivity index (χ2n) is 6.41. The molecule has 0 heterocycles. The first-order chi connectivity index (χ1) is 10.8. The van der Waals surface area contributed by atoms with Crippen molar-refractivity contribution in [3.05, 3.63) is 48.6 Å². The topological polar surface area (TPSA) is 0 Å². The van der Waals surface area contributed by atoms with Crippen molar-refractivity contribution in [1.29, 1.82) is 0 Å². The van der Waals surface area contributed by atoms with Crippen LogP contribution in [0.1, 0.15) is 85.0 Å². The average molecular weight is 303 g/mol. The molecule has 22 heavy (non-hydrogen) atoms. The van der Waals surface area contributed by atoms with Gasteiger partial charge in [0.2, 0.25) is 0 Å². The lowest BCUT2D eigenvalue weighted by molar-refractivity contribution is 0.559. The lowest BCUT2D eigenvalue weighted by Gasteiger charge is -2.00. The van der Waals surface area contributed by atoms with Crippen LogP contribution in [0.2, 0.25) is 0 Å². The van der Waals surface area contributed by atoms with Crippen molar-refractivity contribution in [1.82, 2.24) is 0 Å². The third-order valence-electron chi connectivity index (χ3n) is 3.61. The van der Waals surface area contributed by atoms with Crippen LogP contribution >= 0.6 is 0 Å². The van der Waals surface area contributed by atoms with E-state index in [9.17, 15) is 0 Å². The van der Waals surface area contributed by atoms with Crippen molar-refractivity contribution in [3.8, 4) is 0 Å². The minimum absolute atomic E-state index is 0.839. The smallest absolute Gasteiger partial charge is 0.0169 e. The quantitative estimate of drug-likeness (QED) is 0.227. The Hall–Kier alpha value is -1.04. The summed E-state index contributed by atoms with van der Waals surface area (Å²) in [5, 5.41) is 0. The Morgan fingerprint density at radius 3 is 1.50 bits per heavy atom. The van der Waals surface area contributed by atoms with Crippen LogP contribution < -0.4 is 0 Å². The molecule has 0 saturated heterocycles. The SMILES string of the molecule is CCCCC/C=C/C/C=C/C/C=C/C/C=C\CCCC(C)C. The van der Waals surface area contributed by atoms with Crippen molar-refractivity contribution >= 4 is 0 Å². The molecule has 0 fully saturated rings. The Bertz CT molecular complexity index is 315. The van der Waals surface area contributed by atoms with Gasteiger partial charge in [-0.05, 0) is 50.9 Å². The Morgan fingerprint density at radius 1 is 0.591 bits per heavy atom. The van der Waals surface area contributed by atoms with Crippen LogP contribution in [0.15, 0.2) is 48.6 Å². The molecule has 0 N–H and O–H groups in total. The molecular weight excluding hydrogens is 264 g/mol. The fourth-order valence-corrected chi connectivity index (χ4v) is 2.20. The highest BCUT2D eigenvalue weighted by Crippen LogP contribution is 2.06. The molecule has 0 rings (SSSR count). The maximum Gasteiger partial charge on any atom is -0.0169 e. The van der Waals surface area contributed by atoms with Gasteiger partial charge in [-0.3, -0.25) is 0 Å². The van der Waals surface area contributed by atoms with Crippen molar-refractivity contribution < 1.29 is 0 Å². The molecule has 0 aromatic carbocycles. The zero-order valence-electron chi connectivity index (χ0n) is 15.3. The zero-order valence-corrected chi connectivity index (χ0v) is 15.3. The van der Waals surface area contributed by atoms with Gasteiger partial charge in [0.25, 0.3) is 0 Å². The first-order valence-corrected chi connectivity index (χ1v) is 9.37. The van der Waals surface area contributed by atoms with Crippen molar-refractivity contribution in [2.45, 2.75) is 85.0 Å². The number of hydrogen-bond acceptors (Lipinski definition) is 0. The first kappa shape index (κ1) is 21.0. The summed E-state index contributed by atoms with van der Waals surface area (Å²) in [4.78, 5) is 0. The fourth-order valence-electron chi connectivity index (χ4n) is 2.20. The van der Waals surface area contributed by atoms with E-state index in [1.165, 1.54) is 44.9 Å². The molecule has 0 aromatic rings. The highest BCUT2D eigenvalue weighted by Gasteiger charge is 1.90. The number of hydrogen-bond donors (Lipinski definition) is 0. The number of rotatable bonds is 14. The molecule has 0 heteroatoms. The van der Waals surface area contributed by atoms with E-state index >= 15 is 0 Å². The number of allylic oxidation sites excluding steroid dienone is 8. The Balaban J connectivity index is 3.38. The van der Waals surface area contributed by atoms with E-state index in [2.05, 4.69) is 69.4 Å². The third-order valence-corrected chi connectivity index (χ3v) is 3.61. The van der Waals surface area contributed by atoms with Gasteiger partial charge in [-0.2, -0.15) is 0 Å². The van der Waals surface area contributed by atoms with Gasteiger partial charge in [0.05, 0.1) is 0 Å². The van der Waals surface area contributed by atoms with Crippen molar-refractivity contribution in [2.24, 2.45) is 5.92 Å². The van der Waals surface area contributed by atoms with Gasteiger partial charge in [-0.15, -0.1) is 0 Å². The molecule has 0 nitrogen and oxygen atoms in total. The molecule has 0 aliphatic heterocycles. The molecule has 0 spiro atoms. The van der Waals surface area contributed by atoms with Crippen LogP contribution in [0.25, 0.3) is 0 Å². The van der Waals surface area contributed by atoms with Crippen LogP contribution in [-0.4, -0.2) is 0 Å². The van der Waals surface area contributed by atoms with E-state index in [0.29, 0.717) is 0 Å². The molecule has 0 unspecified atom stereocenters. The first-order valence-electron chi connectivity index (χ1n) is 9.37. The van der Waals surface area contributed by atoms with Crippen LogP contribution in [-0.2, 0) is 0 Å². The monoisotopic (exact) mass is 302 g/mol. The summed E-state index contributed by atoms with van der Waals surface area (Å²) < 4.78 is 0. The van der Waals surface area contributed by atoms with E-state index in [-0.39, 0.29) is 0 Å². The number of unbranched alkanes of at least 4 members (excludes halogenated alkanes) is 4. The van der Waals surface area contributed by atoms with E-state index in [0.717, 1.165) is 25.2 Å². The standard InChI is InChI=1S/C22H38/c1-4-5-6-7-8-9-10-11-12-13-14-15-16-17-18-19-20-21-22(2)3/h8-9,11-12,14-15,17-18,22H,4-7,10,13,16,19-21H2,1-3H3/b9-8+,12-11+,15-14+,18-17-. The van der Waals surface area contributed by atoms with Gasteiger partial charge in [0.1, 0.15) is 0 Å². The molecule has 0 aromatic heterocycles. The van der Waals surface area contributed by atoms with Crippen LogP contribution in [0.5, 0.6) is 0 Å². The van der Waals surface area contributed by atoms with E-state index < -0.39 is 0 Å². The summed E-state index contributed by atoms with van der Waals surface area (Å²) in [7, 11) is 0. The Labute approximate surface area is 140 Å². The predicted molar refractivity (Wildman–Crippen MR) is 103 cm³/mol. The van der Waals surface area contributed by atoms with Gasteiger partial charge < -0.3 is 0 Å². The normalized spacial score (nSPS) is 12.9. The van der Waals surface area contributed by atoms with Gasteiger partial charge in [-0.25, -0.2) is 0 Å². The lowest BCUT2D eigenvalue weighted by atomic mass is 10.1. The summed E-state index contributed by atoms with van der Waals surface area (Å²) >= 11 is 0. The van der Waals surface area contributed by atoms with Crippen LogP contribution in [0.4, 0.5) is 0 Å². The second kappa shape index (κ2) is 18.0. The summed E-state index contributed by atoms with van der Waals surface area (Å²) in [6.45, 7) is 6.84. The molecule has 0 atom stereocenters. The van der Waals surface area contributed by atoms with E-state index in [1.54, 1.807) is 0 Å².